The van der Waals surface area contributed by atoms with E-state index in [4.69, 9.17) is 5.73 Å². The summed E-state index contributed by atoms with van der Waals surface area (Å²) in [6, 6.07) is 4.43. The van der Waals surface area contributed by atoms with Crippen LogP contribution in [-0.2, 0) is 12.7 Å². The number of nitrogens with two attached hydrogens (primary N) is 1. The molecule has 3 rings (SSSR count). The van der Waals surface area contributed by atoms with E-state index >= 15 is 0 Å². The summed E-state index contributed by atoms with van der Waals surface area (Å²) in [7, 11) is 0. The van der Waals surface area contributed by atoms with Crippen molar-refractivity contribution in [2.24, 2.45) is 5.73 Å². The first-order valence-electron chi connectivity index (χ1n) is 7.74. The first-order valence-corrected chi connectivity index (χ1v) is 7.74. The number of alkyl halides is 3. The fourth-order valence-electron chi connectivity index (χ4n) is 3.87. The third kappa shape index (κ3) is 2.75. The Morgan fingerprint density at radius 2 is 1.86 bits per heavy atom. The highest BCUT2D eigenvalue weighted by atomic mass is 19.4. The lowest BCUT2D eigenvalue weighted by molar-refractivity contribution is -0.138. The first-order chi connectivity index (χ1) is 10.4. The van der Waals surface area contributed by atoms with Crippen molar-refractivity contribution in [3.8, 4) is 0 Å². The summed E-state index contributed by atoms with van der Waals surface area (Å²) in [5.41, 5.74) is 6.40. The highest BCUT2D eigenvalue weighted by Crippen LogP contribution is 2.43. The molecule has 122 valence electrons. The number of nitrogens with zero attached hydrogens (tertiary/aromatic N) is 1. The summed E-state index contributed by atoms with van der Waals surface area (Å²) >= 11 is 0. The van der Waals surface area contributed by atoms with E-state index in [-0.39, 0.29) is 18.2 Å². The van der Waals surface area contributed by atoms with Crippen LogP contribution >= 0.6 is 0 Å². The van der Waals surface area contributed by atoms with Crippen molar-refractivity contribution < 1.29 is 18.3 Å². The molecule has 0 spiro atoms. The highest BCUT2D eigenvalue weighted by Gasteiger charge is 2.41. The largest absolute Gasteiger partial charge is 0.416 e. The van der Waals surface area contributed by atoms with Crippen molar-refractivity contribution in [1.82, 2.24) is 4.90 Å². The molecule has 22 heavy (non-hydrogen) atoms. The van der Waals surface area contributed by atoms with Crippen molar-refractivity contribution in [2.75, 3.05) is 6.54 Å². The Morgan fingerprint density at radius 1 is 1.18 bits per heavy atom. The second kappa shape index (κ2) is 5.83. The fourth-order valence-corrected chi connectivity index (χ4v) is 3.87. The smallest absolute Gasteiger partial charge is 0.393 e. The molecule has 0 radical (unpaired) electrons. The van der Waals surface area contributed by atoms with E-state index in [1.807, 2.05) is 0 Å². The minimum atomic E-state index is -4.33. The van der Waals surface area contributed by atoms with E-state index in [2.05, 4.69) is 4.90 Å². The summed E-state index contributed by atoms with van der Waals surface area (Å²) in [4.78, 5) is 2.10. The molecule has 1 unspecified atom stereocenters. The Hall–Kier alpha value is -1.11. The van der Waals surface area contributed by atoms with Crippen LogP contribution in [0.4, 0.5) is 13.2 Å². The first kappa shape index (κ1) is 15.8. The highest BCUT2D eigenvalue weighted by molar-refractivity contribution is 5.42. The molecule has 0 bridgehead atoms. The summed E-state index contributed by atoms with van der Waals surface area (Å²) < 4.78 is 39.6. The molecule has 3 nitrogen and oxygen atoms in total. The number of halogens is 3. The summed E-state index contributed by atoms with van der Waals surface area (Å²) in [5, 5.41) is 9.63. The number of benzene rings is 1. The van der Waals surface area contributed by atoms with Crippen LogP contribution in [0.5, 0.6) is 0 Å². The average molecular weight is 314 g/mol. The number of hydrogen-bond acceptors (Lipinski definition) is 3. The van der Waals surface area contributed by atoms with Gasteiger partial charge < -0.3 is 10.8 Å². The Labute approximate surface area is 127 Å². The molecule has 0 saturated heterocycles. The van der Waals surface area contributed by atoms with Crippen molar-refractivity contribution in [3.63, 3.8) is 0 Å². The third-order valence-corrected chi connectivity index (χ3v) is 4.98. The molecule has 0 amide bonds. The predicted octanol–water partition coefficient (Wildman–Crippen LogP) is 2.82. The summed E-state index contributed by atoms with van der Waals surface area (Å²) in [6.07, 6.45) is -1.56. The molecule has 1 saturated carbocycles. The standard InChI is InChI=1S/C16H21F3N2O/c17-16(18,19)14-3-1-2-12-13(14)9-21(15(12)8-20)10-4-6-11(22)7-5-10/h1-3,10-11,15,22H,4-9,20H2. The molecule has 2 aliphatic rings. The van der Waals surface area contributed by atoms with Crippen LogP contribution in [0.2, 0.25) is 0 Å². The van der Waals surface area contributed by atoms with Gasteiger partial charge in [0.2, 0.25) is 0 Å². The molecule has 0 aromatic heterocycles. The minimum absolute atomic E-state index is 0.155. The number of fused-ring (bicyclic) bond motifs is 1. The van der Waals surface area contributed by atoms with E-state index in [0.717, 1.165) is 18.9 Å². The van der Waals surface area contributed by atoms with Gasteiger partial charge in [-0.1, -0.05) is 12.1 Å². The maximum atomic E-state index is 13.2. The van der Waals surface area contributed by atoms with Crippen molar-refractivity contribution in [3.05, 3.63) is 34.9 Å². The van der Waals surface area contributed by atoms with Crippen LogP contribution in [0.3, 0.4) is 0 Å². The lowest BCUT2D eigenvalue weighted by Crippen LogP contribution is -2.40. The molecule has 1 aromatic rings. The third-order valence-electron chi connectivity index (χ3n) is 4.98. The van der Waals surface area contributed by atoms with Gasteiger partial charge in [-0.25, -0.2) is 0 Å². The van der Waals surface area contributed by atoms with Crippen molar-refractivity contribution in [1.29, 1.82) is 0 Å². The van der Waals surface area contributed by atoms with Gasteiger partial charge in [0.05, 0.1) is 11.7 Å². The van der Waals surface area contributed by atoms with Gasteiger partial charge in [-0.2, -0.15) is 13.2 Å². The Morgan fingerprint density at radius 3 is 2.45 bits per heavy atom. The second-order valence-corrected chi connectivity index (χ2v) is 6.26. The van der Waals surface area contributed by atoms with Crippen LogP contribution in [0.25, 0.3) is 0 Å². The summed E-state index contributed by atoms with van der Waals surface area (Å²) in [6.45, 7) is 0.612. The monoisotopic (exact) mass is 314 g/mol. The van der Waals surface area contributed by atoms with E-state index in [1.54, 1.807) is 6.07 Å². The Bertz CT molecular complexity index is 539. The molecule has 1 aliphatic carbocycles. The van der Waals surface area contributed by atoms with E-state index in [1.165, 1.54) is 6.07 Å². The van der Waals surface area contributed by atoms with E-state index in [9.17, 15) is 18.3 Å². The molecule has 6 heteroatoms. The zero-order valence-electron chi connectivity index (χ0n) is 12.3. The van der Waals surface area contributed by atoms with Crippen LogP contribution in [0, 0.1) is 0 Å². The lowest BCUT2D eigenvalue weighted by Gasteiger charge is -2.36. The number of aliphatic hydroxyl groups excluding tert-OH is 1. The van der Waals surface area contributed by atoms with Gasteiger partial charge in [-0.15, -0.1) is 0 Å². The number of hydrogen-bond donors (Lipinski definition) is 2. The number of aliphatic hydroxyl groups is 1. The Kier molecular flexibility index (Phi) is 4.18. The zero-order chi connectivity index (χ0) is 15.9. The lowest BCUT2D eigenvalue weighted by atomic mass is 9.91. The molecule has 1 heterocycles. The zero-order valence-corrected chi connectivity index (χ0v) is 12.3. The maximum absolute atomic E-state index is 13.2. The molecular weight excluding hydrogens is 293 g/mol. The van der Waals surface area contributed by atoms with Gasteiger partial charge >= 0.3 is 6.18 Å². The van der Waals surface area contributed by atoms with Gasteiger partial charge in [-0.05, 0) is 42.9 Å². The normalized spacial score (nSPS) is 29.6. The van der Waals surface area contributed by atoms with Crippen LogP contribution in [-0.4, -0.2) is 28.7 Å². The second-order valence-electron chi connectivity index (χ2n) is 6.26. The van der Waals surface area contributed by atoms with E-state index in [0.29, 0.717) is 37.1 Å². The molecule has 1 atom stereocenters. The van der Waals surface area contributed by atoms with Crippen molar-refractivity contribution in [2.45, 2.75) is 56.6 Å². The van der Waals surface area contributed by atoms with Gasteiger partial charge in [0, 0.05) is 25.2 Å². The molecule has 1 fully saturated rings. The molecule has 3 N–H and O–H groups in total. The number of rotatable bonds is 2. The SMILES string of the molecule is NCC1c2cccc(C(F)(F)F)c2CN1C1CCC(O)CC1. The quantitative estimate of drug-likeness (QED) is 0.882. The average Bonchev–Trinajstić information content (AvgIpc) is 2.85. The molecule has 1 aliphatic heterocycles. The van der Waals surface area contributed by atoms with Crippen molar-refractivity contribution >= 4 is 0 Å². The minimum Gasteiger partial charge on any atom is -0.393 e. The molecular formula is C16H21F3N2O. The Balaban J connectivity index is 1.90. The van der Waals surface area contributed by atoms with Gasteiger partial charge in [0.15, 0.2) is 0 Å². The van der Waals surface area contributed by atoms with Crippen LogP contribution in [0.1, 0.15) is 48.4 Å². The predicted molar refractivity (Wildman–Crippen MR) is 77.0 cm³/mol. The van der Waals surface area contributed by atoms with Crippen LogP contribution < -0.4 is 5.73 Å². The topological polar surface area (TPSA) is 49.5 Å². The fraction of sp³-hybridized carbons (Fsp3) is 0.625. The molecule has 1 aromatic carbocycles. The van der Waals surface area contributed by atoms with Crippen LogP contribution in [0.15, 0.2) is 18.2 Å². The van der Waals surface area contributed by atoms with Gasteiger partial charge in [0.1, 0.15) is 0 Å². The maximum Gasteiger partial charge on any atom is 0.416 e. The summed E-state index contributed by atoms with van der Waals surface area (Å²) in [5.74, 6) is 0. The van der Waals surface area contributed by atoms with E-state index < -0.39 is 11.7 Å². The van der Waals surface area contributed by atoms with Gasteiger partial charge in [-0.3, -0.25) is 4.90 Å². The van der Waals surface area contributed by atoms with Gasteiger partial charge in [0.25, 0.3) is 0 Å².